The Hall–Kier alpha value is -2.04. The van der Waals surface area contributed by atoms with Crippen LogP contribution in [-0.4, -0.2) is 35.2 Å². The summed E-state index contributed by atoms with van der Waals surface area (Å²) in [4.78, 5) is 24.2. The van der Waals surface area contributed by atoms with E-state index in [4.69, 9.17) is 5.11 Å². The topological polar surface area (TPSA) is 66.8 Å². The monoisotopic (exact) mass is 249 g/mol. The van der Waals surface area contributed by atoms with Gasteiger partial charge in [-0.25, -0.2) is 9.59 Å². The number of benzene rings is 1. The lowest BCUT2D eigenvalue weighted by atomic mass is 10.1. The summed E-state index contributed by atoms with van der Waals surface area (Å²) >= 11 is 0. The van der Waals surface area contributed by atoms with Crippen LogP contribution in [0.3, 0.4) is 0 Å². The minimum Gasteiger partial charge on any atom is -0.480 e. The maximum absolute atomic E-state index is 11.8. The van der Waals surface area contributed by atoms with Crippen LogP contribution in [0, 0.1) is 0 Å². The zero-order valence-electron chi connectivity index (χ0n) is 10.1. The predicted molar refractivity (Wildman–Crippen MR) is 64.1 cm³/mol. The summed E-state index contributed by atoms with van der Waals surface area (Å²) in [5.41, 5.74) is 0.937. The summed E-state index contributed by atoms with van der Waals surface area (Å²) in [6, 6.07) is 8.39. The van der Waals surface area contributed by atoms with E-state index in [2.05, 4.69) is 4.74 Å². The van der Waals surface area contributed by atoms with E-state index in [1.54, 1.807) is 0 Å². The quantitative estimate of drug-likeness (QED) is 0.871. The molecule has 1 N–H and O–H groups in total. The predicted octanol–water partition coefficient (Wildman–Crippen LogP) is 2.04. The molecule has 2 rings (SSSR count). The molecule has 1 aliphatic heterocycles. The number of carboxylic acid groups (broad SMARTS) is 1. The number of methoxy groups -OCH3 is 1. The van der Waals surface area contributed by atoms with Crippen molar-refractivity contribution in [2.75, 3.05) is 7.11 Å². The zero-order chi connectivity index (χ0) is 13.1. The third kappa shape index (κ3) is 2.16. The molecule has 2 atom stereocenters. The van der Waals surface area contributed by atoms with Crippen molar-refractivity contribution in [1.82, 2.24) is 4.90 Å². The Labute approximate surface area is 105 Å². The SMILES string of the molecule is COC(=O)N1[C@H](C(=O)O)CC[C@H]1c1ccccc1. The molecule has 0 unspecified atom stereocenters. The molecule has 1 saturated heterocycles. The Morgan fingerprint density at radius 3 is 2.50 bits per heavy atom. The summed E-state index contributed by atoms with van der Waals surface area (Å²) in [5.74, 6) is -0.987. The van der Waals surface area contributed by atoms with Crippen molar-refractivity contribution in [3.8, 4) is 0 Å². The van der Waals surface area contributed by atoms with Crippen LogP contribution in [-0.2, 0) is 9.53 Å². The number of rotatable bonds is 2. The number of carbonyl (C=O) groups is 2. The maximum atomic E-state index is 11.8. The first-order chi connectivity index (χ1) is 8.65. The Bertz CT molecular complexity index is 446. The van der Waals surface area contributed by atoms with E-state index in [-0.39, 0.29) is 6.04 Å². The number of ether oxygens (including phenoxy) is 1. The lowest BCUT2D eigenvalue weighted by Gasteiger charge is -2.27. The van der Waals surface area contributed by atoms with Gasteiger partial charge in [0.2, 0.25) is 0 Å². The molecule has 18 heavy (non-hydrogen) atoms. The van der Waals surface area contributed by atoms with Crippen LogP contribution >= 0.6 is 0 Å². The van der Waals surface area contributed by atoms with Crippen molar-refractivity contribution in [2.24, 2.45) is 0 Å². The van der Waals surface area contributed by atoms with Gasteiger partial charge in [0.05, 0.1) is 13.2 Å². The molecule has 1 heterocycles. The molecule has 0 bridgehead atoms. The van der Waals surface area contributed by atoms with Crippen LogP contribution in [0.5, 0.6) is 0 Å². The second-order valence-electron chi connectivity index (χ2n) is 4.24. The second-order valence-corrected chi connectivity index (χ2v) is 4.24. The smallest absolute Gasteiger partial charge is 0.410 e. The van der Waals surface area contributed by atoms with E-state index in [1.165, 1.54) is 12.0 Å². The van der Waals surface area contributed by atoms with Gasteiger partial charge in [-0.1, -0.05) is 30.3 Å². The number of carbonyl (C=O) groups excluding carboxylic acids is 1. The van der Waals surface area contributed by atoms with Crippen LogP contribution < -0.4 is 0 Å². The molecule has 0 radical (unpaired) electrons. The summed E-state index contributed by atoms with van der Waals surface area (Å²) in [6.45, 7) is 0. The average molecular weight is 249 g/mol. The highest BCUT2D eigenvalue weighted by Gasteiger charge is 2.42. The third-order valence-corrected chi connectivity index (χ3v) is 3.24. The number of nitrogens with zero attached hydrogens (tertiary/aromatic N) is 1. The van der Waals surface area contributed by atoms with Crippen molar-refractivity contribution in [3.63, 3.8) is 0 Å². The molecule has 0 aromatic heterocycles. The molecule has 0 spiro atoms. The van der Waals surface area contributed by atoms with E-state index < -0.39 is 18.1 Å². The average Bonchev–Trinajstić information content (AvgIpc) is 2.83. The number of likely N-dealkylation sites (tertiary alicyclic amines) is 1. The van der Waals surface area contributed by atoms with Gasteiger partial charge in [0.1, 0.15) is 6.04 Å². The summed E-state index contributed by atoms with van der Waals surface area (Å²) in [5, 5.41) is 9.14. The number of hydrogen-bond donors (Lipinski definition) is 1. The van der Waals surface area contributed by atoms with Crippen LogP contribution in [0.4, 0.5) is 4.79 Å². The standard InChI is InChI=1S/C13H15NO4/c1-18-13(17)14-10(7-8-11(14)12(15)16)9-5-3-2-4-6-9/h2-6,10-11H,7-8H2,1H3,(H,15,16)/t10-,11-/m0/s1. The molecule has 1 amide bonds. The van der Waals surface area contributed by atoms with Crippen LogP contribution in [0.1, 0.15) is 24.4 Å². The number of hydrogen-bond acceptors (Lipinski definition) is 3. The molecule has 1 aromatic rings. The first kappa shape index (κ1) is 12.4. The van der Waals surface area contributed by atoms with Crippen molar-refractivity contribution < 1.29 is 19.4 Å². The van der Waals surface area contributed by atoms with Crippen molar-refractivity contribution in [2.45, 2.75) is 24.9 Å². The van der Waals surface area contributed by atoms with Gasteiger partial charge in [0.15, 0.2) is 0 Å². The first-order valence-corrected chi connectivity index (χ1v) is 5.79. The lowest BCUT2D eigenvalue weighted by Crippen LogP contribution is -2.41. The van der Waals surface area contributed by atoms with Gasteiger partial charge in [0.25, 0.3) is 0 Å². The fraction of sp³-hybridized carbons (Fsp3) is 0.385. The van der Waals surface area contributed by atoms with Gasteiger partial charge in [0, 0.05) is 0 Å². The van der Waals surface area contributed by atoms with E-state index in [1.807, 2.05) is 30.3 Å². The van der Waals surface area contributed by atoms with E-state index in [9.17, 15) is 9.59 Å². The summed E-state index contributed by atoms with van der Waals surface area (Å²) in [7, 11) is 1.27. The molecule has 5 heteroatoms. The van der Waals surface area contributed by atoms with Crippen molar-refractivity contribution >= 4 is 12.1 Å². The molecule has 1 fully saturated rings. The van der Waals surface area contributed by atoms with Gasteiger partial charge in [-0.2, -0.15) is 0 Å². The van der Waals surface area contributed by atoms with Gasteiger partial charge >= 0.3 is 12.1 Å². The molecule has 96 valence electrons. The van der Waals surface area contributed by atoms with E-state index in [0.29, 0.717) is 12.8 Å². The van der Waals surface area contributed by atoms with Crippen LogP contribution in [0.2, 0.25) is 0 Å². The van der Waals surface area contributed by atoms with Gasteiger partial charge < -0.3 is 9.84 Å². The second kappa shape index (κ2) is 5.08. The Balaban J connectivity index is 2.31. The maximum Gasteiger partial charge on any atom is 0.410 e. The Morgan fingerprint density at radius 2 is 1.94 bits per heavy atom. The minimum atomic E-state index is -0.987. The Kier molecular flexibility index (Phi) is 3.50. The third-order valence-electron chi connectivity index (χ3n) is 3.24. The zero-order valence-corrected chi connectivity index (χ0v) is 10.1. The number of aliphatic carboxylic acids is 1. The normalized spacial score (nSPS) is 22.8. The molecular weight excluding hydrogens is 234 g/mol. The molecular formula is C13H15NO4. The molecule has 1 aromatic carbocycles. The van der Waals surface area contributed by atoms with Crippen LogP contribution in [0.15, 0.2) is 30.3 Å². The van der Waals surface area contributed by atoms with Gasteiger partial charge in [-0.05, 0) is 18.4 Å². The van der Waals surface area contributed by atoms with E-state index in [0.717, 1.165) is 5.56 Å². The number of amides is 1. The summed E-state index contributed by atoms with van der Waals surface area (Å²) in [6.07, 6.45) is 0.494. The largest absolute Gasteiger partial charge is 0.480 e. The highest BCUT2D eigenvalue weighted by Crippen LogP contribution is 2.36. The van der Waals surface area contributed by atoms with E-state index >= 15 is 0 Å². The molecule has 0 aliphatic carbocycles. The van der Waals surface area contributed by atoms with Crippen molar-refractivity contribution in [1.29, 1.82) is 0 Å². The Morgan fingerprint density at radius 1 is 1.28 bits per heavy atom. The van der Waals surface area contributed by atoms with Gasteiger partial charge in [-0.15, -0.1) is 0 Å². The summed E-state index contributed by atoms with van der Waals surface area (Å²) < 4.78 is 4.69. The number of carboxylic acids is 1. The first-order valence-electron chi connectivity index (χ1n) is 5.79. The highest BCUT2D eigenvalue weighted by atomic mass is 16.5. The fourth-order valence-electron chi connectivity index (χ4n) is 2.42. The molecule has 5 nitrogen and oxygen atoms in total. The van der Waals surface area contributed by atoms with Crippen LogP contribution in [0.25, 0.3) is 0 Å². The molecule has 1 aliphatic rings. The lowest BCUT2D eigenvalue weighted by molar-refractivity contribution is -0.142. The highest BCUT2D eigenvalue weighted by molar-refractivity contribution is 5.81. The van der Waals surface area contributed by atoms with Gasteiger partial charge in [-0.3, -0.25) is 4.90 Å². The minimum absolute atomic E-state index is 0.222. The molecule has 0 saturated carbocycles. The fourth-order valence-corrected chi connectivity index (χ4v) is 2.42. The van der Waals surface area contributed by atoms with Crippen molar-refractivity contribution in [3.05, 3.63) is 35.9 Å².